The summed E-state index contributed by atoms with van der Waals surface area (Å²) in [5.41, 5.74) is 1.59. The lowest BCUT2D eigenvalue weighted by Crippen LogP contribution is -2.37. The van der Waals surface area contributed by atoms with E-state index >= 15 is 0 Å². The number of hydrogen-bond donors (Lipinski definition) is 2. The van der Waals surface area contributed by atoms with Crippen LogP contribution in [0.5, 0.6) is 17.2 Å². The second-order valence-electron chi connectivity index (χ2n) is 7.54. The lowest BCUT2D eigenvalue weighted by atomic mass is 9.95. The van der Waals surface area contributed by atoms with E-state index in [9.17, 15) is 19.5 Å². The SMILES string of the molecule is COc1cc2c(c(OC)c1OC)-c1ccc(=O)c(C(=O)O)cc1[C@@H](NC(=O)N(C)C)CC2. The molecule has 0 saturated heterocycles. The molecule has 0 radical (unpaired) electrons. The van der Waals surface area contributed by atoms with Crippen molar-refractivity contribution in [2.45, 2.75) is 18.9 Å². The van der Waals surface area contributed by atoms with E-state index < -0.39 is 17.4 Å². The van der Waals surface area contributed by atoms with Gasteiger partial charge >= 0.3 is 12.0 Å². The molecule has 9 heteroatoms. The molecule has 0 saturated carbocycles. The van der Waals surface area contributed by atoms with Gasteiger partial charge in [0, 0.05) is 19.7 Å². The number of urea groups is 1. The number of ether oxygens (including phenoxy) is 3. The number of aryl methyl sites for hydroxylation is 1. The minimum Gasteiger partial charge on any atom is -0.493 e. The summed E-state index contributed by atoms with van der Waals surface area (Å²) in [5.74, 6) is -0.0766. The maximum absolute atomic E-state index is 12.5. The fraction of sp³-hybridized carbons (Fsp3) is 0.348. The summed E-state index contributed by atoms with van der Waals surface area (Å²) in [5, 5.41) is 12.5. The van der Waals surface area contributed by atoms with Crippen molar-refractivity contribution in [2.24, 2.45) is 0 Å². The lowest BCUT2D eigenvalue weighted by molar-refractivity contribution is 0.0695. The summed E-state index contributed by atoms with van der Waals surface area (Å²) >= 11 is 0. The fourth-order valence-corrected chi connectivity index (χ4v) is 3.92. The average Bonchev–Trinajstić information content (AvgIpc) is 3.01. The molecule has 1 atom stereocenters. The maximum Gasteiger partial charge on any atom is 0.339 e. The van der Waals surface area contributed by atoms with Crippen LogP contribution in [0.25, 0.3) is 11.1 Å². The Kier molecular flexibility index (Phi) is 6.57. The largest absolute Gasteiger partial charge is 0.493 e. The number of hydrogen-bond acceptors (Lipinski definition) is 6. The van der Waals surface area contributed by atoms with E-state index in [1.807, 2.05) is 6.07 Å². The van der Waals surface area contributed by atoms with E-state index in [1.165, 1.54) is 38.4 Å². The molecule has 2 aromatic rings. The Morgan fingerprint density at radius 2 is 1.75 bits per heavy atom. The van der Waals surface area contributed by atoms with Crippen molar-refractivity contribution in [1.82, 2.24) is 10.2 Å². The van der Waals surface area contributed by atoms with Crippen LogP contribution in [0.4, 0.5) is 4.79 Å². The van der Waals surface area contributed by atoms with E-state index in [0.29, 0.717) is 46.8 Å². The second-order valence-corrected chi connectivity index (χ2v) is 7.54. The molecule has 2 aromatic carbocycles. The van der Waals surface area contributed by atoms with Gasteiger partial charge in [0.25, 0.3) is 0 Å². The normalized spacial score (nSPS) is 14.3. The second kappa shape index (κ2) is 9.17. The predicted molar refractivity (Wildman–Crippen MR) is 118 cm³/mol. The summed E-state index contributed by atoms with van der Waals surface area (Å²) < 4.78 is 16.7. The number of benzene rings is 1. The minimum atomic E-state index is -1.34. The first-order valence-corrected chi connectivity index (χ1v) is 9.95. The van der Waals surface area contributed by atoms with Crippen LogP contribution in [0.2, 0.25) is 0 Å². The van der Waals surface area contributed by atoms with Crippen LogP contribution in [0, 0.1) is 0 Å². The molecule has 32 heavy (non-hydrogen) atoms. The van der Waals surface area contributed by atoms with Crippen molar-refractivity contribution >= 4 is 12.0 Å². The highest BCUT2D eigenvalue weighted by Crippen LogP contribution is 2.50. The number of rotatable bonds is 5. The van der Waals surface area contributed by atoms with Crippen LogP contribution in [-0.4, -0.2) is 57.4 Å². The fourth-order valence-electron chi connectivity index (χ4n) is 3.92. The Balaban J connectivity index is 2.40. The zero-order valence-corrected chi connectivity index (χ0v) is 18.6. The molecule has 0 heterocycles. The molecule has 0 fully saturated rings. The van der Waals surface area contributed by atoms with Crippen LogP contribution in [0.15, 0.2) is 29.1 Å². The Bertz CT molecular complexity index is 1130. The number of nitrogens with one attached hydrogen (secondary N) is 1. The molecule has 0 bridgehead atoms. The zero-order chi connectivity index (χ0) is 23.6. The van der Waals surface area contributed by atoms with E-state index in [4.69, 9.17) is 14.2 Å². The van der Waals surface area contributed by atoms with Crippen molar-refractivity contribution in [1.29, 1.82) is 0 Å². The molecule has 170 valence electrons. The van der Waals surface area contributed by atoms with Crippen LogP contribution in [0.1, 0.15) is 33.9 Å². The number of methoxy groups -OCH3 is 3. The molecule has 1 aliphatic rings. The molecule has 0 aromatic heterocycles. The van der Waals surface area contributed by atoms with Gasteiger partial charge in [0.15, 0.2) is 16.9 Å². The van der Waals surface area contributed by atoms with Gasteiger partial charge < -0.3 is 29.5 Å². The van der Waals surface area contributed by atoms with E-state index in [-0.39, 0.29) is 11.6 Å². The summed E-state index contributed by atoms with van der Waals surface area (Å²) in [6.45, 7) is 0. The molecule has 2 N–H and O–H groups in total. The lowest BCUT2D eigenvalue weighted by Gasteiger charge is -2.22. The van der Waals surface area contributed by atoms with Gasteiger partial charge in [0.2, 0.25) is 5.75 Å². The highest BCUT2D eigenvalue weighted by atomic mass is 16.5. The smallest absolute Gasteiger partial charge is 0.339 e. The van der Waals surface area contributed by atoms with E-state index in [0.717, 1.165) is 5.56 Å². The minimum absolute atomic E-state index is 0.334. The summed E-state index contributed by atoms with van der Waals surface area (Å²) in [4.78, 5) is 38.1. The summed E-state index contributed by atoms with van der Waals surface area (Å²) in [7, 11) is 7.75. The first-order valence-electron chi connectivity index (χ1n) is 9.95. The number of carboxylic acids is 1. The van der Waals surface area contributed by atoms with Crippen molar-refractivity contribution < 1.29 is 28.9 Å². The van der Waals surface area contributed by atoms with Crippen LogP contribution in [0.3, 0.4) is 0 Å². The van der Waals surface area contributed by atoms with E-state index in [1.54, 1.807) is 20.2 Å². The number of amides is 2. The van der Waals surface area contributed by atoms with Crippen molar-refractivity contribution in [3.8, 4) is 28.4 Å². The third-order valence-corrected chi connectivity index (χ3v) is 5.47. The molecule has 0 aliphatic heterocycles. The number of nitrogens with zero attached hydrogens (tertiary/aromatic N) is 1. The van der Waals surface area contributed by atoms with Crippen LogP contribution in [-0.2, 0) is 6.42 Å². The quantitative estimate of drug-likeness (QED) is 0.732. The number of aromatic carboxylic acids is 1. The standard InChI is InChI=1S/C23H26N2O7/c1-25(2)23(29)24-16-8-6-12-10-18(30-3)20(31-4)21(32-5)19(12)13-7-9-17(26)15(22(27)28)11-14(13)16/h7,9-11,16H,6,8H2,1-5H3,(H,24,29)(H,27,28)/t16-/m0/s1. The Labute approximate surface area is 185 Å². The van der Waals surface area contributed by atoms with Gasteiger partial charge in [-0.3, -0.25) is 4.79 Å². The molecule has 9 nitrogen and oxygen atoms in total. The van der Waals surface area contributed by atoms with Gasteiger partial charge in [0.05, 0.1) is 27.4 Å². The summed E-state index contributed by atoms with van der Waals surface area (Å²) in [6.07, 6.45) is 1.00. The molecule has 3 rings (SSSR count). The van der Waals surface area contributed by atoms with Gasteiger partial charge in [-0.25, -0.2) is 9.59 Å². The maximum atomic E-state index is 12.5. The van der Waals surface area contributed by atoms with Crippen molar-refractivity contribution in [3.63, 3.8) is 0 Å². The Morgan fingerprint density at radius 1 is 1.06 bits per heavy atom. The van der Waals surface area contributed by atoms with Crippen molar-refractivity contribution in [2.75, 3.05) is 35.4 Å². The van der Waals surface area contributed by atoms with Gasteiger partial charge in [-0.05, 0) is 53.8 Å². The molecule has 0 spiro atoms. The van der Waals surface area contributed by atoms with Crippen molar-refractivity contribution in [3.05, 3.63) is 51.2 Å². The number of carbonyl (C=O) groups excluding carboxylic acids is 1. The van der Waals surface area contributed by atoms with Gasteiger partial charge in [-0.1, -0.05) is 0 Å². The van der Waals surface area contributed by atoms with Gasteiger partial charge in [0.1, 0.15) is 5.56 Å². The number of carbonyl (C=O) groups is 2. The monoisotopic (exact) mass is 442 g/mol. The Hall–Kier alpha value is -3.75. The zero-order valence-electron chi connectivity index (χ0n) is 18.6. The van der Waals surface area contributed by atoms with E-state index in [2.05, 4.69) is 5.32 Å². The number of fused-ring (bicyclic) bond motifs is 3. The highest BCUT2D eigenvalue weighted by Gasteiger charge is 2.30. The van der Waals surface area contributed by atoms with Gasteiger partial charge in [-0.15, -0.1) is 0 Å². The van der Waals surface area contributed by atoms with Crippen LogP contribution >= 0.6 is 0 Å². The first kappa shape index (κ1) is 22.9. The molecule has 1 aliphatic carbocycles. The molecular weight excluding hydrogens is 416 g/mol. The molecular formula is C23H26N2O7. The molecule has 0 unspecified atom stereocenters. The topological polar surface area (TPSA) is 114 Å². The average molecular weight is 442 g/mol. The first-order chi connectivity index (χ1) is 15.2. The van der Waals surface area contributed by atoms with Crippen LogP contribution < -0.4 is 25.0 Å². The third-order valence-electron chi connectivity index (χ3n) is 5.47. The molecule has 2 amide bonds. The third kappa shape index (κ3) is 4.05. The van der Waals surface area contributed by atoms with Gasteiger partial charge in [-0.2, -0.15) is 0 Å². The predicted octanol–water partition coefficient (Wildman–Crippen LogP) is 2.70. The Morgan fingerprint density at radius 3 is 2.31 bits per heavy atom. The number of carboxylic acid groups (broad SMARTS) is 1. The highest BCUT2D eigenvalue weighted by molar-refractivity contribution is 5.89. The summed E-state index contributed by atoms with van der Waals surface area (Å²) in [6, 6.07) is 5.08.